The fourth-order valence-corrected chi connectivity index (χ4v) is 3.02. The number of ether oxygens (including phenoxy) is 9. The number of hydrogen-bond acceptors (Lipinski definition) is 14. The molecule has 1 aliphatic carbocycles. The van der Waals surface area contributed by atoms with Gasteiger partial charge in [0.15, 0.2) is 5.76 Å². The zero-order valence-electron chi connectivity index (χ0n) is 23.5. The number of carbonyl (C=O) groups excluding carboxylic acids is 1. The van der Waals surface area contributed by atoms with Crippen LogP contribution in [0.2, 0.25) is 0 Å². The predicted molar refractivity (Wildman–Crippen MR) is 134 cm³/mol. The lowest BCUT2D eigenvalue weighted by Crippen LogP contribution is -2.29. The van der Waals surface area contributed by atoms with Crippen LogP contribution >= 0.6 is 0 Å². The van der Waals surface area contributed by atoms with Crippen LogP contribution in [-0.4, -0.2) is 133 Å². The lowest BCUT2D eigenvalue weighted by atomic mass is 9.99. The number of carbonyl (C=O) groups is 1. The SMILES string of the molecule is COCCOCCOCCOC1CC(C(=O)OC)=CC(OOCCOCCOC)=C1OCCOCCOOC. The fraction of sp³-hybridized carbons (Fsp3) is 0.800. The molecule has 0 N–H and O–H groups in total. The summed E-state index contributed by atoms with van der Waals surface area (Å²) in [4.78, 5) is 32.4. The highest BCUT2D eigenvalue weighted by Crippen LogP contribution is 2.29. The Kier molecular flexibility index (Phi) is 22.7. The van der Waals surface area contributed by atoms with Crippen molar-refractivity contribution in [3.8, 4) is 0 Å². The molecule has 228 valence electrons. The van der Waals surface area contributed by atoms with E-state index in [1.54, 1.807) is 14.2 Å². The van der Waals surface area contributed by atoms with Crippen LogP contribution in [0.5, 0.6) is 0 Å². The maximum Gasteiger partial charge on any atom is 0.333 e. The van der Waals surface area contributed by atoms with E-state index in [1.165, 1.54) is 20.3 Å². The van der Waals surface area contributed by atoms with E-state index in [4.69, 9.17) is 57.3 Å². The van der Waals surface area contributed by atoms with Crippen LogP contribution in [0.15, 0.2) is 23.2 Å². The van der Waals surface area contributed by atoms with Crippen LogP contribution in [-0.2, 0) is 67.0 Å². The van der Waals surface area contributed by atoms with Crippen molar-refractivity contribution in [3.05, 3.63) is 23.2 Å². The van der Waals surface area contributed by atoms with Crippen molar-refractivity contribution in [2.45, 2.75) is 12.5 Å². The first-order valence-corrected chi connectivity index (χ1v) is 12.7. The van der Waals surface area contributed by atoms with Gasteiger partial charge < -0.3 is 47.5 Å². The summed E-state index contributed by atoms with van der Waals surface area (Å²) in [5, 5.41) is 0. The molecule has 0 spiro atoms. The van der Waals surface area contributed by atoms with Gasteiger partial charge in [0.1, 0.15) is 25.9 Å². The van der Waals surface area contributed by atoms with Gasteiger partial charge in [0, 0.05) is 26.2 Å². The third-order valence-corrected chi connectivity index (χ3v) is 4.85. The summed E-state index contributed by atoms with van der Waals surface area (Å²) in [6.45, 7) is 4.79. The Bertz CT molecular complexity index is 669. The third kappa shape index (κ3) is 17.5. The zero-order valence-corrected chi connectivity index (χ0v) is 23.5. The molecule has 1 unspecified atom stereocenters. The molecule has 0 saturated heterocycles. The number of esters is 1. The summed E-state index contributed by atoms with van der Waals surface area (Å²) in [6, 6.07) is 0. The van der Waals surface area contributed by atoms with Crippen molar-refractivity contribution in [1.29, 1.82) is 0 Å². The average molecular weight is 569 g/mol. The highest BCUT2D eigenvalue weighted by Gasteiger charge is 2.31. The summed E-state index contributed by atoms with van der Waals surface area (Å²) in [5.41, 5.74) is 0.338. The van der Waals surface area contributed by atoms with Gasteiger partial charge in [-0.2, -0.15) is 4.89 Å². The number of allylic oxidation sites excluding steroid dienone is 1. The summed E-state index contributed by atoms with van der Waals surface area (Å²) in [7, 11) is 5.93. The highest BCUT2D eigenvalue weighted by molar-refractivity contribution is 5.89. The Hall–Kier alpha value is -1.85. The Balaban J connectivity index is 2.73. The molecule has 14 nitrogen and oxygen atoms in total. The minimum absolute atomic E-state index is 0.135. The first-order valence-electron chi connectivity index (χ1n) is 12.7. The lowest BCUT2D eigenvalue weighted by Gasteiger charge is -2.27. The molecule has 1 aliphatic rings. The van der Waals surface area contributed by atoms with Gasteiger partial charge in [-0.05, 0) is 6.08 Å². The molecule has 0 aromatic carbocycles. The molecule has 0 fully saturated rings. The van der Waals surface area contributed by atoms with Crippen molar-refractivity contribution in [2.75, 3.05) is 121 Å². The van der Waals surface area contributed by atoms with Gasteiger partial charge in [-0.3, -0.25) is 0 Å². The van der Waals surface area contributed by atoms with E-state index in [0.717, 1.165) is 0 Å². The molecule has 0 heterocycles. The van der Waals surface area contributed by atoms with E-state index in [1.807, 2.05) is 0 Å². The number of hydrogen-bond donors (Lipinski definition) is 0. The molecule has 39 heavy (non-hydrogen) atoms. The molecule has 0 radical (unpaired) electrons. The topological polar surface area (TPSA) is 137 Å². The van der Waals surface area contributed by atoms with Crippen molar-refractivity contribution >= 4 is 5.97 Å². The van der Waals surface area contributed by atoms with Gasteiger partial charge in [0.25, 0.3) is 0 Å². The van der Waals surface area contributed by atoms with E-state index in [-0.39, 0.29) is 51.8 Å². The van der Waals surface area contributed by atoms with Crippen LogP contribution in [0, 0.1) is 0 Å². The fourth-order valence-electron chi connectivity index (χ4n) is 3.02. The van der Waals surface area contributed by atoms with Crippen molar-refractivity contribution < 1.29 is 67.0 Å². The Morgan fingerprint density at radius 1 is 0.692 bits per heavy atom. The van der Waals surface area contributed by atoms with Gasteiger partial charge in [0.2, 0.25) is 5.76 Å². The first-order chi connectivity index (χ1) is 19.2. The molecule has 0 bridgehead atoms. The second-order valence-electron chi connectivity index (χ2n) is 7.63. The molecule has 14 heteroatoms. The zero-order chi connectivity index (χ0) is 28.4. The molecule has 1 atom stereocenters. The quantitative estimate of drug-likeness (QED) is 0.0602. The predicted octanol–water partition coefficient (Wildman–Crippen LogP) is 0.988. The van der Waals surface area contributed by atoms with Gasteiger partial charge in [-0.25, -0.2) is 14.6 Å². The van der Waals surface area contributed by atoms with Crippen LogP contribution in [0.3, 0.4) is 0 Å². The molecule has 1 rings (SSSR count). The standard InChI is InChI=1S/C25H44O14/c1-27-5-7-31-9-10-33-11-15-35-22-19-21(25(26)29-3)20-23(39-38-18-14-32-8-6-28-2)24(22)36-16-12-34-13-17-37-30-4/h20,22H,5-19H2,1-4H3. The van der Waals surface area contributed by atoms with E-state index in [2.05, 4.69) is 4.89 Å². The Morgan fingerprint density at radius 2 is 1.23 bits per heavy atom. The maximum atomic E-state index is 12.3. The molecular formula is C25H44O14. The van der Waals surface area contributed by atoms with Crippen molar-refractivity contribution in [3.63, 3.8) is 0 Å². The van der Waals surface area contributed by atoms with Gasteiger partial charge in [-0.15, -0.1) is 0 Å². The monoisotopic (exact) mass is 568 g/mol. The molecule has 0 saturated carbocycles. The van der Waals surface area contributed by atoms with Crippen LogP contribution < -0.4 is 0 Å². The summed E-state index contributed by atoms with van der Waals surface area (Å²) in [5.74, 6) is 0.0129. The van der Waals surface area contributed by atoms with E-state index in [0.29, 0.717) is 64.2 Å². The maximum absolute atomic E-state index is 12.3. The van der Waals surface area contributed by atoms with Gasteiger partial charge >= 0.3 is 5.97 Å². The second-order valence-corrected chi connectivity index (χ2v) is 7.63. The molecule has 0 aliphatic heterocycles. The second kappa shape index (κ2) is 25.1. The minimum Gasteiger partial charge on any atom is -0.489 e. The molecule has 0 aromatic rings. The highest BCUT2D eigenvalue weighted by atomic mass is 17.2. The van der Waals surface area contributed by atoms with Crippen molar-refractivity contribution in [2.24, 2.45) is 0 Å². The van der Waals surface area contributed by atoms with Crippen LogP contribution in [0.4, 0.5) is 0 Å². The smallest absolute Gasteiger partial charge is 0.333 e. The summed E-state index contributed by atoms with van der Waals surface area (Å²) >= 11 is 0. The van der Waals surface area contributed by atoms with Gasteiger partial charge in [-0.1, -0.05) is 0 Å². The Morgan fingerprint density at radius 3 is 1.82 bits per heavy atom. The van der Waals surface area contributed by atoms with Crippen LogP contribution in [0.25, 0.3) is 0 Å². The number of methoxy groups -OCH3 is 3. The van der Waals surface area contributed by atoms with E-state index >= 15 is 0 Å². The average Bonchev–Trinajstić information content (AvgIpc) is 2.95. The lowest BCUT2D eigenvalue weighted by molar-refractivity contribution is -0.278. The largest absolute Gasteiger partial charge is 0.489 e. The van der Waals surface area contributed by atoms with E-state index in [9.17, 15) is 4.79 Å². The molecule has 0 amide bonds. The minimum atomic E-state index is -0.654. The number of rotatable bonds is 27. The third-order valence-electron chi connectivity index (χ3n) is 4.85. The molecule has 0 aromatic heterocycles. The summed E-state index contributed by atoms with van der Waals surface area (Å²) in [6.07, 6.45) is 1.06. The normalized spacial score (nSPS) is 15.4. The van der Waals surface area contributed by atoms with Gasteiger partial charge in [0.05, 0.1) is 86.9 Å². The Labute approximate surface area is 230 Å². The first kappa shape index (κ1) is 35.2. The van der Waals surface area contributed by atoms with Crippen molar-refractivity contribution in [1.82, 2.24) is 0 Å². The molecular weight excluding hydrogens is 524 g/mol. The van der Waals surface area contributed by atoms with Crippen LogP contribution in [0.1, 0.15) is 6.42 Å². The van der Waals surface area contributed by atoms with E-state index < -0.39 is 12.1 Å². The summed E-state index contributed by atoms with van der Waals surface area (Å²) < 4.78 is 48.5.